The van der Waals surface area contributed by atoms with Gasteiger partial charge in [-0.25, -0.2) is 9.59 Å². The van der Waals surface area contributed by atoms with Crippen LogP contribution in [-0.4, -0.2) is 49.7 Å². The van der Waals surface area contributed by atoms with Crippen molar-refractivity contribution in [2.45, 2.75) is 32.7 Å². The highest BCUT2D eigenvalue weighted by Crippen LogP contribution is 2.25. The van der Waals surface area contributed by atoms with E-state index in [9.17, 15) is 9.59 Å². The highest BCUT2D eigenvalue weighted by atomic mass is 16.6. The van der Waals surface area contributed by atoms with Crippen molar-refractivity contribution in [3.63, 3.8) is 0 Å². The Kier molecular flexibility index (Phi) is 6.56. The van der Waals surface area contributed by atoms with Crippen LogP contribution in [0, 0.1) is 6.92 Å². The van der Waals surface area contributed by atoms with Crippen molar-refractivity contribution in [2.24, 2.45) is 0 Å². The lowest BCUT2D eigenvalue weighted by Gasteiger charge is -2.35. The molecule has 0 fully saturated rings. The number of esters is 2. The normalized spacial score (nSPS) is 11.4. The van der Waals surface area contributed by atoms with Crippen LogP contribution in [0.15, 0.2) is 24.3 Å². The Hall–Kier alpha value is -1.88. The molecular weight excluding hydrogens is 282 g/mol. The minimum absolute atomic E-state index is 0.210. The predicted octanol–water partition coefficient (Wildman–Crippen LogP) is 1.96. The smallest absolute Gasteiger partial charge is 0.338 e. The van der Waals surface area contributed by atoms with Crippen LogP contribution in [0.25, 0.3) is 0 Å². The molecule has 0 unspecified atom stereocenters. The summed E-state index contributed by atoms with van der Waals surface area (Å²) in [6.07, 6.45) is 0.213. The number of aryl methyl sites for hydroxylation is 1. The molecule has 0 bridgehead atoms. The SMILES string of the molecule is CCOC(=O)C(Cc1ccccc1C)(C(=O)OCC)N(C)C. The molecule has 0 aliphatic heterocycles. The van der Waals surface area contributed by atoms with E-state index in [1.807, 2.05) is 31.2 Å². The van der Waals surface area contributed by atoms with Crippen LogP contribution in [0.1, 0.15) is 25.0 Å². The molecule has 0 amide bonds. The van der Waals surface area contributed by atoms with Gasteiger partial charge < -0.3 is 9.47 Å². The Labute approximate surface area is 132 Å². The molecule has 1 aromatic rings. The summed E-state index contributed by atoms with van der Waals surface area (Å²) in [6.45, 7) is 5.81. The summed E-state index contributed by atoms with van der Waals surface area (Å²) in [5.41, 5.74) is 0.456. The molecule has 0 heterocycles. The van der Waals surface area contributed by atoms with Crippen molar-refractivity contribution in [1.29, 1.82) is 0 Å². The molecule has 0 aromatic heterocycles. The molecule has 122 valence electrons. The van der Waals surface area contributed by atoms with E-state index in [1.54, 1.807) is 32.8 Å². The van der Waals surface area contributed by atoms with Gasteiger partial charge in [0.25, 0.3) is 0 Å². The minimum atomic E-state index is -1.47. The lowest BCUT2D eigenvalue weighted by atomic mass is 9.87. The third-order valence-electron chi connectivity index (χ3n) is 3.70. The number of ether oxygens (including phenoxy) is 2. The highest BCUT2D eigenvalue weighted by molar-refractivity contribution is 6.05. The Morgan fingerprint density at radius 1 is 1.05 bits per heavy atom. The lowest BCUT2D eigenvalue weighted by molar-refractivity contribution is -0.173. The Balaban J connectivity index is 3.32. The van der Waals surface area contributed by atoms with Crippen molar-refractivity contribution in [1.82, 2.24) is 4.90 Å². The van der Waals surface area contributed by atoms with E-state index in [0.29, 0.717) is 0 Å². The van der Waals surface area contributed by atoms with Crippen LogP contribution in [-0.2, 0) is 25.5 Å². The summed E-state index contributed by atoms with van der Waals surface area (Å²) in [5, 5.41) is 0. The fourth-order valence-corrected chi connectivity index (χ4v) is 2.34. The van der Waals surface area contributed by atoms with Gasteiger partial charge >= 0.3 is 11.9 Å². The van der Waals surface area contributed by atoms with Gasteiger partial charge in [-0.3, -0.25) is 4.90 Å². The van der Waals surface area contributed by atoms with Gasteiger partial charge in [-0.15, -0.1) is 0 Å². The van der Waals surface area contributed by atoms with E-state index in [2.05, 4.69) is 0 Å². The maximum Gasteiger partial charge on any atom is 0.338 e. The molecule has 1 aromatic carbocycles. The quantitative estimate of drug-likeness (QED) is 0.569. The van der Waals surface area contributed by atoms with E-state index in [0.717, 1.165) is 11.1 Å². The summed E-state index contributed by atoms with van der Waals surface area (Å²) in [5.74, 6) is -1.16. The fourth-order valence-electron chi connectivity index (χ4n) is 2.34. The number of hydrogen-bond acceptors (Lipinski definition) is 5. The number of benzene rings is 1. The zero-order valence-electron chi connectivity index (χ0n) is 14.0. The molecule has 0 aliphatic carbocycles. The Morgan fingerprint density at radius 3 is 1.95 bits per heavy atom. The molecule has 0 N–H and O–H groups in total. The Bertz CT molecular complexity index is 507. The van der Waals surface area contributed by atoms with Crippen LogP contribution in [0.5, 0.6) is 0 Å². The topological polar surface area (TPSA) is 55.8 Å². The predicted molar refractivity (Wildman–Crippen MR) is 84.6 cm³/mol. The number of hydrogen-bond donors (Lipinski definition) is 0. The van der Waals surface area contributed by atoms with Crippen molar-refractivity contribution < 1.29 is 19.1 Å². The number of nitrogens with zero attached hydrogens (tertiary/aromatic N) is 1. The highest BCUT2D eigenvalue weighted by Gasteiger charge is 2.51. The van der Waals surface area contributed by atoms with Crippen LogP contribution < -0.4 is 0 Å². The molecule has 5 heteroatoms. The van der Waals surface area contributed by atoms with Crippen molar-refractivity contribution in [3.8, 4) is 0 Å². The second-order valence-corrected chi connectivity index (χ2v) is 5.30. The van der Waals surface area contributed by atoms with Gasteiger partial charge in [0.2, 0.25) is 5.54 Å². The Morgan fingerprint density at radius 2 is 1.55 bits per heavy atom. The number of rotatable bonds is 7. The molecule has 0 saturated carbocycles. The van der Waals surface area contributed by atoms with E-state index in [4.69, 9.17) is 9.47 Å². The van der Waals surface area contributed by atoms with Crippen molar-refractivity contribution in [3.05, 3.63) is 35.4 Å². The molecule has 0 aliphatic rings. The molecule has 0 atom stereocenters. The maximum absolute atomic E-state index is 12.6. The summed E-state index contributed by atoms with van der Waals surface area (Å²) >= 11 is 0. The van der Waals surface area contributed by atoms with Crippen LogP contribution >= 0.6 is 0 Å². The zero-order valence-corrected chi connectivity index (χ0v) is 14.0. The fraction of sp³-hybridized carbons (Fsp3) is 0.529. The lowest BCUT2D eigenvalue weighted by Crippen LogP contribution is -2.60. The summed E-state index contributed by atoms with van der Waals surface area (Å²) < 4.78 is 10.3. The second-order valence-electron chi connectivity index (χ2n) is 5.30. The number of likely N-dealkylation sites (N-methyl/N-ethyl adjacent to an activating group) is 1. The monoisotopic (exact) mass is 307 g/mol. The molecular formula is C17H25NO4. The molecule has 5 nitrogen and oxygen atoms in total. The largest absolute Gasteiger partial charge is 0.464 e. The van der Waals surface area contributed by atoms with E-state index < -0.39 is 17.5 Å². The van der Waals surface area contributed by atoms with Gasteiger partial charge in [0.05, 0.1) is 13.2 Å². The number of carbonyl (C=O) groups is 2. The van der Waals surface area contributed by atoms with E-state index in [1.165, 1.54) is 0 Å². The molecule has 0 radical (unpaired) electrons. The van der Waals surface area contributed by atoms with Gasteiger partial charge in [-0.05, 0) is 46.0 Å². The average molecular weight is 307 g/mol. The first kappa shape index (κ1) is 18.2. The van der Waals surface area contributed by atoms with Gasteiger partial charge in [0.1, 0.15) is 0 Å². The van der Waals surface area contributed by atoms with Crippen molar-refractivity contribution >= 4 is 11.9 Å². The van der Waals surface area contributed by atoms with Crippen LogP contribution in [0.2, 0.25) is 0 Å². The maximum atomic E-state index is 12.6. The van der Waals surface area contributed by atoms with E-state index >= 15 is 0 Å². The first-order valence-corrected chi connectivity index (χ1v) is 7.46. The first-order valence-electron chi connectivity index (χ1n) is 7.46. The van der Waals surface area contributed by atoms with Crippen LogP contribution in [0.3, 0.4) is 0 Å². The zero-order chi connectivity index (χ0) is 16.8. The van der Waals surface area contributed by atoms with Gasteiger partial charge in [-0.2, -0.15) is 0 Å². The third kappa shape index (κ3) is 3.65. The van der Waals surface area contributed by atoms with Gasteiger partial charge in [0, 0.05) is 6.42 Å². The first-order chi connectivity index (χ1) is 10.4. The van der Waals surface area contributed by atoms with Gasteiger partial charge in [0.15, 0.2) is 0 Å². The summed E-state index contributed by atoms with van der Waals surface area (Å²) in [7, 11) is 3.37. The molecule has 0 spiro atoms. The van der Waals surface area contributed by atoms with E-state index in [-0.39, 0.29) is 19.6 Å². The summed E-state index contributed by atoms with van der Waals surface area (Å²) in [4.78, 5) is 26.7. The second kappa shape index (κ2) is 7.94. The van der Waals surface area contributed by atoms with Crippen LogP contribution in [0.4, 0.5) is 0 Å². The van der Waals surface area contributed by atoms with Gasteiger partial charge in [-0.1, -0.05) is 24.3 Å². The number of carbonyl (C=O) groups excluding carboxylic acids is 2. The molecule has 1 rings (SSSR count). The molecule has 22 heavy (non-hydrogen) atoms. The van der Waals surface area contributed by atoms with Crippen molar-refractivity contribution in [2.75, 3.05) is 27.3 Å². The standard InChI is InChI=1S/C17H25NO4/c1-6-21-15(19)17(18(4)5,16(20)22-7-2)12-14-11-9-8-10-13(14)3/h8-11H,6-7,12H2,1-5H3. The third-order valence-corrected chi connectivity index (χ3v) is 3.70. The average Bonchev–Trinajstić information content (AvgIpc) is 2.46. The summed E-state index contributed by atoms with van der Waals surface area (Å²) in [6, 6.07) is 7.67. The minimum Gasteiger partial charge on any atom is -0.464 e. The molecule has 0 saturated heterocycles.